The van der Waals surface area contributed by atoms with Gasteiger partial charge >= 0.3 is 12.1 Å². The summed E-state index contributed by atoms with van der Waals surface area (Å²) in [4.78, 5) is 13.5. The number of aryl methyl sites for hydroxylation is 1. The third-order valence-electron chi connectivity index (χ3n) is 4.23. The van der Waals surface area contributed by atoms with E-state index >= 15 is 0 Å². The van der Waals surface area contributed by atoms with Gasteiger partial charge in [0.2, 0.25) is 0 Å². The second kappa shape index (κ2) is 9.16. The van der Waals surface area contributed by atoms with Gasteiger partial charge in [0.1, 0.15) is 5.82 Å². The Morgan fingerprint density at radius 1 is 1.29 bits per heavy atom. The minimum atomic E-state index is -5.08. The van der Waals surface area contributed by atoms with Gasteiger partial charge in [-0.05, 0) is 31.4 Å². The van der Waals surface area contributed by atoms with E-state index in [0.717, 1.165) is 31.0 Å². The summed E-state index contributed by atoms with van der Waals surface area (Å²) in [6, 6.07) is 8.42. The fraction of sp³-hybridized carbons (Fsp3) is 0.389. The van der Waals surface area contributed by atoms with Gasteiger partial charge in [0.15, 0.2) is 0 Å². The summed E-state index contributed by atoms with van der Waals surface area (Å²) in [5.74, 6) is -1.67. The number of hydrogen-bond donors (Lipinski definition) is 2. The van der Waals surface area contributed by atoms with E-state index in [1.165, 1.54) is 21.5 Å². The Balaban J connectivity index is 0.000000345. The van der Waals surface area contributed by atoms with Crippen molar-refractivity contribution in [2.75, 3.05) is 6.54 Å². The molecule has 0 spiro atoms. The second-order valence-corrected chi connectivity index (χ2v) is 6.92. The van der Waals surface area contributed by atoms with Gasteiger partial charge in [-0.3, -0.25) is 0 Å². The first kappa shape index (κ1) is 21.8. The van der Waals surface area contributed by atoms with Gasteiger partial charge in [0.05, 0.1) is 22.6 Å². The first-order valence-electron chi connectivity index (χ1n) is 8.44. The number of carboxylic acids is 1. The van der Waals surface area contributed by atoms with Gasteiger partial charge < -0.3 is 15.0 Å². The molecule has 0 aliphatic heterocycles. The van der Waals surface area contributed by atoms with Crippen LogP contribution in [0.3, 0.4) is 0 Å². The number of imidazole rings is 1. The van der Waals surface area contributed by atoms with Crippen molar-refractivity contribution < 1.29 is 23.1 Å². The molecule has 0 aliphatic carbocycles. The third-order valence-corrected chi connectivity index (χ3v) is 5.09. The SMILES string of the molecule is Cc1nc(CNCCc2nsc3ccccc23)n(C)c1C.O=C(O)C(F)(F)F. The molecule has 0 aliphatic rings. The van der Waals surface area contributed by atoms with Crippen molar-refractivity contribution in [3.8, 4) is 0 Å². The van der Waals surface area contributed by atoms with Gasteiger partial charge in [-0.15, -0.1) is 0 Å². The Bertz CT molecular complexity index is 950. The first-order chi connectivity index (χ1) is 13.1. The normalized spacial score (nSPS) is 11.4. The van der Waals surface area contributed by atoms with Crippen LogP contribution in [-0.2, 0) is 24.8 Å². The Hall–Kier alpha value is -2.46. The quantitative estimate of drug-likeness (QED) is 0.624. The van der Waals surface area contributed by atoms with E-state index in [-0.39, 0.29) is 0 Å². The summed E-state index contributed by atoms with van der Waals surface area (Å²) in [6.07, 6.45) is -4.13. The first-order valence-corrected chi connectivity index (χ1v) is 9.21. The van der Waals surface area contributed by atoms with Gasteiger partial charge in [-0.2, -0.15) is 17.5 Å². The molecule has 0 saturated heterocycles. The monoisotopic (exact) mass is 414 g/mol. The van der Waals surface area contributed by atoms with E-state index in [9.17, 15) is 13.2 Å². The third kappa shape index (κ3) is 5.52. The van der Waals surface area contributed by atoms with Crippen molar-refractivity contribution in [2.45, 2.75) is 33.0 Å². The molecular formula is C18H21F3N4O2S. The molecular weight excluding hydrogens is 393 g/mol. The molecule has 0 atom stereocenters. The summed E-state index contributed by atoms with van der Waals surface area (Å²) >= 11 is 1.58. The molecule has 2 aromatic heterocycles. The van der Waals surface area contributed by atoms with Gasteiger partial charge in [-0.1, -0.05) is 18.2 Å². The summed E-state index contributed by atoms with van der Waals surface area (Å²) in [5.41, 5.74) is 3.53. The van der Waals surface area contributed by atoms with Crippen molar-refractivity contribution >= 4 is 27.6 Å². The molecule has 3 rings (SSSR count). The average Bonchev–Trinajstić information content (AvgIpc) is 3.15. The highest BCUT2D eigenvalue weighted by Crippen LogP contribution is 2.22. The number of aromatic nitrogens is 3. The predicted octanol–water partition coefficient (Wildman–Crippen LogP) is 3.61. The summed E-state index contributed by atoms with van der Waals surface area (Å²) in [7, 11) is 2.07. The number of halogens is 3. The number of rotatable bonds is 5. The zero-order valence-electron chi connectivity index (χ0n) is 15.7. The van der Waals surface area contributed by atoms with E-state index in [1.807, 2.05) is 0 Å². The number of carbonyl (C=O) groups is 1. The van der Waals surface area contributed by atoms with Crippen LogP contribution in [0, 0.1) is 13.8 Å². The highest BCUT2D eigenvalue weighted by atomic mass is 32.1. The molecule has 152 valence electrons. The molecule has 6 nitrogen and oxygen atoms in total. The molecule has 28 heavy (non-hydrogen) atoms. The standard InChI is InChI=1S/C16H20N4S.C2HF3O2/c1-11-12(2)20(3)16(18-11)10-17-9-8-14-13-6-4-5-7-15(13)21-19-14;3-2(4,5)1(6)7/h4-7,17H,8-10H2,1-3H3;(H,6,7). The number of carboxylic acid groups (broad SMARTS) is 1. The fourth-order valence-corrected chi connectivity index (χ4v) is 3.29. The van der Waals surface area contributed by atoms with Crippen LogP contribution in [-0.4, -0.2) is 37.7 Å². The number of hydrogen-bond acceptors (Lipinski definition) is 5. The maximum absolute atomic E-state index is 10.6. The Morgan fingerprint density at radius 3 is 2.50 bits per heavy atom. The Kier molecular flexibility index (Phi) is 7.14. The summed E-state index contributed by atoms with van der Waals surface area (Å²) < 4.78 is 39.7. The lowest BCUT2D eigenvalue weighted by molar-refractivity contribution is -0.192. The largest absolute Gasteiger partial charge is 0.490 e. The number of fused-ring (bicyclic) bond motifs is 1. The minimum absolute atomic E-state index is 0.799. The molecule has 0 radical (unpaired) electrons. The van der Waals surface area contributed by atoms with Crippen molar-refractivity contribution in [1.82, 2.24) is 19.2 Å². The van der Waals surface area contributed by atoms with Crippen molar-refractivity contribution in [3.63, 3.8) is 0 Å². The van der Waals surface area contributed by atoms with E-state index in [1.54, 1.807) is 11.5 Å². The molecule has 1 aromatic carbocycles. The molecule has 10 heteroatoms. The molecule has 0 unspecified atom stereocenters. The van der Waals surface area contributed by atoms with Crippen LogP contribution in [0.2, 0.25) is 0 Å². The zero-order chi connectivity index (χ0) is 20.9. The van der Waals surface area contributed by atoms with Crippen LogP contribution in [0.1, 0.15) is 22.9 Å². The molecule has 0 saturated carbocycles. The zero-order valence-corrected chi connectivity index (χ0v) is 16.5. The van der Waals surface area contributed by atoms with Gasteiger partial charge in [-0.25, -0.2) is 9.78 Å². The van der Waals surface area contributed by atoms with Crippen LogP contribution >= 0.6 is 11.5 Å². The van der Waals surface area contributed by atoms with E-state index < -0.39 is 12.1 Å². The molecule has 3 aromatic rings. The molecule has 0 fully saturated rings. The van der Waals surface area contributed by atoms with Crippen LogP contribution in [0.15, 0.2) is 24.3 Å². The van der Waals surface area contributed by atoms with Gasteiger partial charge in [0, 0.05) is 31.1 Å². The molecule has 2 heterocycles. The highest BCUT2D eigenvalue weighted by Gasteiger charge is 2.38. The molecule has 2 N–H and O–H groups in total. The highest BCUT2D eigenvalue weighted by molar-refractivity contribution is 7.13. The average molecular weight is 414 g/mol. The maximum Gasteiger partial charge on any atom is 0.490 e. The van der Waals surface area contributed by atoms with Crippen molar-refractivity contribution in [2.24, 2.45) is 7.05 Å². The number of nitrogens with one attached hydrogen (secondary N) is 1. The topological polar surface area (TPSA) is 80.0 Å². The fourth-order valence-electron chi connectivity index (χ4n) is 2.47. The Labute approximate surface area is 164 Å². The van der Waals surface area contributed by atoms with E-state index in [4.69, 9.17) is 9.90 Å². The minimum Gasteiger partial charge on any atom is -0.475 e. The number of nitrogens with zero attached hydrogens (tertiary/aromatic N) is 3. The summed E-state index contributed by atoms with van der Waals surface area (Å²) in [6.45, 7) is 5.87. The van der Waals surface area contributed by atoms with Crippen LogP contribution in [0.5, 0.6) is 0 Å². The lowest BCUT2D eigenvalue weighted by atomic mass is 10.2. The number of alkyl halides is 3. The summed E-state index contributed by atoms with van der Waals surface area (Å²) in [5, 5.41) is 11.9. The second-order valence-electron chi connectivity index (χ2n) is 6.11. The van der Waals surface area contributed by atoms with Crippen LogP contribution < -0.4 is 5.32 Å². The van der Waals surface area contributed by atoms with Gasteiger partial charge in [0.25, 0.3) is 0 Å². The molecule has 0 bridgehead atoms. The Morgan fingerprint density at radius 2 is 1.93 bits per heavy atom. The van der Waals surface area contributed by atoms with Crippen molar-refractivity contribution in [3.05, 3.63) is 47.2 Å². The smallest absolute Gasteiger partial charge is 0.475 e. The lowest BCUT2D eigenvalue weighted by Gasteiger charge is -2.05. The lowest BCUT2D eigenvalue weighted by Crippen LogP contribution is -2.21. The number of aliphatic carboxylic acids is 1. The number of benzene rings is 1. The van der Waals surface area contributed by atoms with Crippen LogP contribution in [0.4, 0.5) is 13.2 Å². The van der Waals surface area contributed by atoms with Crippen molar-refractivity contribution in [1.29, 1.82) is 0 Å². The predicted molar refractivity (Wildman–Crippen MR) is 101 cm³/mol. The van der Waals surface area contributed by atoms with E-state index in [0.29, 0.717) is 0 Å². The van der Waals surface area contributed by atoms with E-state index in [2.05, 4.69) is 64.4 Å². The van der Waals surface area contributed by atoms with Crippen LogP contribution in [0.25, 0.3) is 10.1 Å². The molecule has 0 amide bonds. The maximum atomic E-state index is 10.6.